The lowest BCUT2D eigenvalue weighted by Crippen LogP contribution is -2.14. The monoisotopic (exact) mass is 323 g/mol. The molecule has 0 saturated carbocycles. The Kier molecular flexibility index (Phi) is 3.60. The quantitative estimate of drug-likeness (QED) is 0.801. The molecular weight excluding hydrogens is 306 g/mol. The Morgan fingerprint density at radius 3 is 3.08 bits per heavy atom. The molecule has 1 amide bonds. The summed E-state index contributed by atoms with van der Waals surface area (Å²) in [6, 6.07) is 5.57. The van der Waals surface area contributed by atoms with Crippen molar-refractivity contribution >= 4 is 11.7 Å². The van der Waals surface area contributed by atoms with Crippen LogP contribution in [0.3, 0.4) is 0 Å². The average molecular weight is 323 g/mol. The van der Waals surface area contributed by atoms with Gasteiger partial charge < -0.3 is 9.84 Å². The number of carbonyl (C=O) groups excluding carboxylic acids is 1. The van der Waals surface area contributed by atoms with E-state index in [2.05, 4.69) is 20.6 Å². The van der Waals surface area contributed by atoms with E-state index in [0.717, 1.165) is 37.1 Å². The number of hydrogen-bond acceptors (Lipinski definition) is 5. The Balaban J connectivity index is 1.63. The largest absolute Gasteiger partial charge is 0.360 e. The first-order valence-corrected chi connectivity index (χ1v) is 7.97. The highest BCUT2D eigenvalue weighted by Gasteiger charge is 2.23. The third-order valence-corrected chi connectivity index (χ3v) is 4.18. The Bertz CT molecular complexity index is 858. The summed E-state index contributed by atoms with van der Waals surface area (Å²) in [5.41, 5.74) is 2.80. The number of amides is 1. The van der Waals surface area contributed by atoms with E-state index in [0.29, 0.717) is 22.8 Å². The highest BCUT2D eigenvalue weighted by molar-refractivity contribution is 6.08. The van der Waals surface area contributed by atoms with Crippen LogP contribution in [0.4, 0.5) is 5.82 Å². The van der Waals surface area contributed by atoms with E-state index in [4.69, 9.17) is 4.52 Å². The Labute approximate surface area is 138 Å². The minimum Gasteiger partial charge on any atom is -0.360 e. The molecular formula is C17H17N5O2. The standard InChI is InChI=1S/C17H17N5O2/c1-11-15(16(21-24-11)12-5-4-7-18-10-12)17(23)19-14-9-13-6-2-3-8-22(13)20-14/h4-5,7,9-10H,2-3,6,8H2,1H3,(H,19,20,23). The van der Waals surface area contributed by atoms with Crippen molar-refractivity contribution in [3.63, 3.8) is 0 Å². The number of aryl methyl sites for hydroxylation is 3. The summed E-state index contributed by atoms with van der Waals surface area (Å²) < 4.78 is 7.19. The molecule has 0 unspecified atom stereocenters. The molecule has 0 saturated heterocycles. The molecule has 7 nitrogen and oxygen atoms in total. The smallest absolute Gasteiger partial charge is 0.262 e. The van der Waals surface area contributed by atoms with Crippen LogP contribution in [0, 0.1) is 6.92 Å². The van der Waals surface area contributed by atoms with Crippen molar-refractivity contribution in [3.05, 3.63) is 47.6 Å². The van der Waals surface area contributed by atoms with Crippen LogP contribution in [0.15, 0.2) is 35.1 Å². The molecule has 4 rings (SSSR count). The fourth-order valence-electron chi connectivity index (χ4n) is 3.00. The molecule has 4 heterocycles. The van der Waals surface area contributed by atoms with Gasteiger partial charge in [0.15, 0.2) is 5.82 Å². The first kappa shape index (κ1) is 14.6. The Morgan fingerprint density at radius 2 is 2.29 bits per heavy atom. The van der Waals surface area contributed by atoms with Gasteiger partial charge in [-0.1, -0.05) is 5.16 Å². The number of anilines is 1. The van der Waals surface area contributed by atoms with E-state index >= 15 is 0 Å². The van der Waals surface area contributed by atoms with Gasteiger partial charge in [0.2, 0.25) is 0 Å². The van der Waals surface area contributed by atoms with Crippen LogP contribution in [-0.2, 0) is 13.0 Å². The van der Waals surface area contributed by atoms with Crippen molar-refractivity contribution < 1.29 is 9.32 Å². The number of hydrogen-bond donors (Lipinski definition) is 1. The summed E-state index contributed by atoms with van der Waals surface area (Å²) in [7, 11) is 0. The molecule has 0 fully saturated rings. The molecule has 0 atom stereocenters. The highest BCUT2D eigenvalue weighted by atomic mass is 16.5. The molecule has 1 aliphatic heterocycles. The third kappa shape index (κ3) is 2.58. The summed E-state index contributed by atoms with van der Waals surface area (Å²) in [5, 5.41) is 11.3. The van der Waals surface area contributed by atoms with Gasteiger partial charge in [0.25, 0.3) is 5.91 Å². The van der Waals surface area contributed by atoms with Gasteiger partial charge in [-0.2, -0.15) is 5.10 Å². The van der Waals surface area contributed by atoms with Crippen molar-refractivity contribution in [2.24, 2.45) is 0 Å². The van der Waals surface area contributed by atoms with Gasteiger partial charge in [0.1, 0.15) is 17.0 Å². The summed E-state index contributed by atoms with van der Waals surface area (Å²) in [5.74, 6) is 0.757. The van der Waals surface area contributed by atoms with Crippen LogP contribution in [0.1, 0.15) is 34.7 Å². The lowest BCUT2D eigenvalue weighted by molar-refractivity contribution is 0.102. The topological polar surface area (TPSA) is 85.8 Å². The first-order chi connectivity index (χ1) is 11.7. The van der Waals surface area contributed by atoms with E-state index < -0.39 is 0 Å². The molecule has 3 aromatic heterocycles. The van der Waals surface area contributed by atoms with Gasteiger partial charge in [-0.15, -0.1) is 0 Å². The normalized spacial score (nSPS) is 13.5. The fraction of sp³-hybridized carbons (Fsp3) is 0.294. The predicted molar refractivity (Wildman–Crippen MR) is 87.6 cm³/mol. The summed E-state index contributed by atoms with van der Waals surface area (Å²) in [6.07, 6.45) is 6.61. The zero-order valence-corrected chi connectivity index (χ0v) is 13.3. The average Bonchev–Trinajstić information content (AvgIpc) is 3.18. The van der Waals surface area contributed by atoms with E-state index in [-0.39, 0.29) is 5.91 Å². The number of pyridine rings is 1. The van der Waals surface area contributed by atoms with Crippen LogP contribution in [0.2, 0.25) is 0 Å². The van der Waals surface area contributed by atoms with Gasteiger partial charge in [0, 0.05) is 36.3 Å². The third-order valence-electron chi connectivity index (χ3n) is 4.18. The van der Waals surface area contributed by atoms with Crippen molar-refractivity contribution in [2.45, 2.75) is 32.7 Å². The van der Waals surface area contributed by atoms with Crippen molar-refractivity contribution in [1.82, 2.24) is 19.9 Å². The maximum absolute atomic E-state index is 12.7. The van der Waals surface area contributed by atoms with E-state index in [9.17, 15) is 4.79 Å². The molecule has 1 N–H and O–H groups in total. The number of nitrogens with zero attached hydrogens (tertiary/aromatic N) is 4. The first-order valence-electron chi connectivity index (χ1n) is 7.97. The van der Waals surface area contributed by atoms with Gasteiger partial charge in [-0.3, -0.25) is 14.5 Å². The van der Waals surface area contributed by atoms with Crippen LogP contribution >= 0.6 is 0 Å². The highest BCUT2D eigenvalue weighted by Crippen LogP contribution is 2.26. The molecule has 0 radical (unpaired) electrons. The van der Waals surface area contributed by atoms with Crippen molar-refractivity contribution in [3.8, 4) is 11.3 Å². The Hall–Kier alpha value is -2.96. The molecule has 122 valence electrons. The number of nitrogens with one attached hydrogen (secondary N) is 1. The summed E-state index contributed by atoms with van der Waals surface area (Å²) in [4.78, 5) is 16.8. The van der Waals surface area contributed by atoms with Gasteiger partial charge in [-0.25, -0.2) is 0 Å². The minimum atomic E-state index is -0.275. The molecule has 1 aliphatic rings. The molecule has 0 aromatic carbocycles. The fourth-order valence-corrected chi connectivity index (χ4v) is 3.00. The van der Waals surface area contributed by atoms with Crippen LogP contribution in [0.25, 0.3) is 11.3 Å². The predicted octanol–water partition coefficient (Wildman–Crippen LogP) is 2.83. The van der Waals surface area contributed by atoms with E-state index in [1.807, 2.05) is 16.8 Å². The van der Waals surface area contributed by atoms with Crippen molar-refractivity contribution in [1.29, 1.82) is 0 Å². The zero-order chi connectivity index (χ0) is 16.5. The van der Waals surface area contributed by atoms with Gasteiger partial charge in [0.05, 0.1) is 0 Å². The number of aromatic nitrogens is 4. The SMILES string of the molecule is Cc1onc(-c2cccnc2)c1C(=O)Nc1cc2n(n1)CCCC2. The lowest BCUT2D eigenvalue weighted by Gasteiger charge is -2.11. The van der Waals surface area contributed by atoms with E-state index in [1.165, 1.54) is 0 Å². The second-order valence-electron chi connectivity index (χ2n) is 5.86. The van der Waals surface area contributed by atoms with Gasteiger partial charge in [-0.05, 0) is 38.3 Å². The lowest BCUT2D eigenvalue weighted by atomic mass is 10.1. The number of fused-ring (bicyclic) bond motifs is 1. The summed E-state index contributed by atoms with van der Waals surface area (Å²) >= 11 is 0. The number of rotatable bonds is 3. The molecule has 3 aromatic rings. The van der Waals surface area contributed by atoms with Crippen LogP contribution in [0.5, 0.6) is 0 Å². The van der Waals surface area contributed by atoms with Crippen molar-refractivity contribution in [2.75, 3.05) is 5.32 Å². The number of carbonyl (C=O) groups is 1. The van der Waals surface area contributed by atoms with E-state index in [1.54, 1.807) is 25.4 Å². The molecule has 0 bridgehead atoms. The van der Waals surface area contributed by atoms with Crippen LogP contribution < -0.4 is 5.32 Å². The Morgan fingerprint density at radius 1 is 1.38 bits per heavy atom. The van der Waals surface area contributed by atoms with Crippen LogP contribution in [-0.4, -0.2) is 25.8 Å². The summed E-state index contributed by atoms with van der Waals surface area (Å²) in [6.45, 7) is 2.62. The second-order valence-corrected chi connectivity index (χ2v) is 5.86. The molecule has 0 aliphatic carbocycles. The molecule has 7 heteroatoms. The van der Waals surface area contributed by atoms with Gasteiger partial charge >= 0.3 is 0 Å². The minimum absolute atomic E-state index is 0.275. The maximum Gasteiger partial charge on any atom is 0.262 e. The molecule has 24 heavy (non-hydrogen) atoms. The maximum atomic E-state index is 12.7. The zero-order valence-electron chi connectivity index (χ0n) is 13.3. The molecule has 0 spiro atoms. The second kappa shape index (κ2) is 5.92.